The number of halogens is 2. The van der Waals surface area contributed by atoms with Crippen molar-refractivity contribution in [1.82, 2.24) is 10.2 Å². The van der Waals surface area contributed by atoms with Crippen molar-refractivity contribution in [3.8, 4) is 0 Å². The third-order valence-corrected chi connectivity index (χ3v) is 5.17. The van der Waals surface area contributed by atoms with Gasteiger partial charge in [-0.25, -0.2) is 4.39 Å². The maximum Gasteiger partial charge on any atom is 0.242 e. The van der Waals surface area contributed by atoms with E-state index in [1.165, 1.54) is 12.1 Å². The van der Waals surface area contributed by atoms with Crippen LogP contribution in [0.1, 0.15) is 38.3 Å². The molecule has 0 aliphatic rings. The van der Waals surface area contributed by atoms with Gasteiger partial charge in [-0.3, -0.25) is 9.59 Å². The topological polar surface area (TPSA) is 49.4 Å². The molecule has 2 rings (SSSR count). The first-order valence-electron chi connectivity index (χ1n) is 9.39. The molecule has 0 saturated heterocycles. The highest BCUT2D eigenvalue weighted by Gasteiger charge is 2.26. The van der Waals surface area contributed by atoms with Crippen LogP contribution < -0.4 is 5.32 Å². The van der Waals surface area contributed by atoms with Gasteiger partial charge in [0.05, 0.1) is 6.42 Å². The number of nitrogens with one attached hydrogen (secondary N) is 1. The van der Waals surface area contributed by atoms with Crippen LogP contribution >= 0.6 is 15.9 Å². The average Bonchev–Trinajstić information content (AvgIpc) is 2.67. The number of hydrogen-bond acceptors (Lipinski definition) is 2. The van der Waals surface area contributed by atoms with Crippen LogP contribution in [0.4, 0.5) is 4.39 Å². The number of benzene rings is 2. The molecule has 0 fully saturated rings. The zero-order chi connectivity index (χ0) is 20.7. The normalized spacial score (nSPS) is 12.9. The summed E-state index contributed by atoms with van der Waals surface area (Å²) < 4.78 is 14.1. The molecule has 0 aliphatic heterocycles. The van der Waals surface area contributed by atoms with Crippen LogP contribution in [0.5, 0.6) is 0 Å². The minimum atomic E-state index is -0.624. The molecule has 28 heavy (non-hydrogen) atoms. The van der Waals surface area contributed by atoms with Crippen LogP contribution in [0.25, 0.3) is 0 Å². The van der Waals surface area contributed by atoms with Crippen LogP contribution in [0, 0.1) is 5.82 Å². The van der Waals surface area contributed by atoms with Crippen molar-refractivity contribution in [2.24, 2.45) is 0 Å². The Labute approximate surface area is 174 Å². The van der Waals surface area contributed by atoms with Gasteiger partial charge in [-0.2, -0.15) is 0 Å². The highest BCUT2D eigenvalue weighted by atomic mass is 79.9. The second-order valence-corrected chi connectivity index (χ2v) is 7.86. The smallest absolute Gasteiger partial charge is 0.242 e. The number of carbonyl (C=O) groups excluding carboxylic acids is 2. The maximum atomic E-state index is 13.1. The van der Waals surface area contributed by atoms with Crippen LogP contribution in [0.15, 0.2) is 53.0 Å². The first-order chi connectivity index (χ1) is 13.3. The van der Waals surface area contributed by atoms with Gasteiger partial charge in [0.15, 0.2) is 0 Å². The van der Waals surface area contributed by atoms with Crippen molar-refractivity contribution in [3.05, 3.63) is 69.9 Å². The molecule has 0 spiro atoms. The highest BCUT2D eigenvalue weighted by molar-refractivity contribution is 9.10. The predicted molar refractivity (Wildman–Crippen MR) is 112 cm³/mol. The fraction of sp³-hybridized carbons (Fsp3) is 0.364. The van der Waals surface area contributed by atoms with Crippen LogP contribution in [-0.2, 0) is 22.6 Å². The standard InChI is InChI=1S/C22H26BrFN2O2/c1-4-15(2)25-22(28)16(3)26(14-18-6-5-7-19(23)12-18)21(27)13-17-8-10-20(24)11-9-17/h5-12,15-16H,4,13-14H2,1-3H3,(H,25,28)/t15-,16+/m0/s1. The Morgan fingerprint density at radius 3 is 2.39 bits per heavy atom. The molecule has 6 heteroatoms. The largest absolute Gasteiger partial charge is 0.352 e. The van der Waals surface area contributed by atoms with Gasteiger partial charge in [-0.15, -0.1) is 0 Å². The fourth-order valence-corrected chi connectivity index (χ4v) is 3.21. The van der Waals surface area contributed by atoms with Crippen molar-refractivity contribution in [2.45, 2.75) is 52.2 Å². The molecule has 150 valence electrons. The lowest BCUT2D eigenvalue weighted by Crippen LogP contribution is -2.49. The lowest BCUT2D eigenvalue weighted by Gasteiger charge is -2.30. The lowest BCUT2D eigenvalue weighted by atomic mass is 10.1. The predicted octanol–water partition coefficient (Wildman–Crippen LogP) is 4.46. The van der Waals surface area contributed by atoms with Crippen LogP contribution in [0.2, 0.25) is 0 Å². The van der Waals surface area contributed by atoms with E-state index in [9.17, 15) is 14.0 Å². The third-order valence-electron chi connectivity index (χ3n) is 4.68. The van der Waals surface area contributed by atoms with Crippen molar-refractivity contribution >= 4 is 27.7 Å². The molecule has 0 bridgehead atoms. The highest BCUT2D eigenvalue weighted by Crippen LogP contribution is 2.17. The SMILES string of the molecule is CC[C@H](C)NC(=O)[C@@H](C)N(Cc1cccc(Br)c1)C(=O)Cc1ccc(F)cc1. The second kappa shape index (κ2) is 10.4. The number of rotatable bonds is 8. The first-order valence-corrected chi connectivity index (χ1v) is 10.2. The van der Waals surface area contributed by atoms with Crippen molar-refractivity contribution in [2.75, 3.05) is 0 Å². The molecule has 0 heterocycles. The third kappa shape index (κ3) is 6.44. The number of hydrogen-bond donors (Lipinski definition) is 1. The van der Waals surface area contributed by atoms with E-state index in [-0.39, 0.29) is 30.1 Å². The Kier molecular flexibility index (Phi) is 8.18. The molecule has 1 N–H and O–H groups in total. The zero-order valence-electron chi connectivity index (χ0n) is 16.4. The quantitative estimate of drug-likeness (QED) is 0.647. The van der Waals surface area contributed by atoms with Gasteiger partial charge in [0.2, 0.25) is 11.8 Å². The van der Waals surface area contributed by atoms with E-state index >= 15 is 0 Å². The molecule has 0 aromatic heterocycles. The first kappa shape index (κ1) is 22.1. The number of carbonyl (C=O) groups is 2. The Morgan fingerprint density at radius 2 is 1.79 bits per heavy atom. The van der Waals surface area contributed by atoms with E-state index in [1.54, 1.807) is 24.0 Å². The minimum Gasteiger partial charge on any atom is -0.352 e. The summed E-state index contributed by atoms with van der Waals surface area (Å²) in [5.74, 6) is -0.710. The maximum absolute atomic E-state index is 13.1. The van der Waals surface area contributed by atoms with Gasteiger partial charge in [-0.1, -0.05) is 47.1 Å². The summed E-state index contributed by atoms with van der Waals surface area (Å²) in [5, 5.41) is 2.94. The van der Waals surface area contributed by atoms with E-state index in [1.807, 2.05) is 38.1 Å². The molecular weight excluding hydrogens is 423 g/mol. The van der Waals surface area contributed by atoms with Gasteiger partial charge < -0.3 is 10.2 Å². The monoisotopic (exact) mass is 448 g/mol. The van der Waals surface area contributed by atoms with Crippen LogP contribution in [-0.4, -0.2) is 28.8 Å². The second-order valence-electron chi connectivity index (χ2n) is 6.95. The van der Waals surface area contributed by atoms with Gasteiger partial charge in [0, 0.05) is 17.1 Å². The Hall–Kier alpha value is -2.21. The van der Waals surface area contributed by atoms with E-state index in [0.29, 0.717) is 12.1 Å². The molecule has 2 aromatic rings. The van der Waals surface area contributed by atoms with Crippen molar-refractivity contribution in [1.29, 1.82) is 0 Å². The lowest BCUT2D eigenvalue weighted by molar-refractivity contribution is -0.140. The van der Waals surface area contributed by atoms with E-state index in [0.717, 1.165) is 16.5 Å². The molecular formula is C22H26BrFN2O2. The van der Waals surface area contributed by atoms with Gasteiger partial charge in [0.25, 0.3) is 0 Å². The molecule has 0 unspecified atom stereocenters. The number of nitrogens with zero attached hydrogens (tertiary/aromatic N) is 1. The van der Waals surface area contributed by atoms with Crippen molar-refractivity contribution in [3.63, 3.8) is 0 Å². The summed E-state index contributed by atoms with van der Waals surface area (Å²) in [6, 6.07) is 12.9. The molecule has 2 atom stereocenters. The molecule has 0 saturated carbocycles. The fourth-order valence-electron chi connectivity index (χ4n) is 2.76. The number of amides is 2. The Balaban J connectivity index is 2.22. The zero-order valence-corrected chi connectivity index (χ0v) is 18.0. The van der Waals surface area contributed by atoms with Crippen molar-refractivity contribution < 1.29 is 14.0 Å². The summed E-state index contributed by atoms with van der Waals surface area (Å²) in [6.07, 6.45) is 0.919. The van der Waals surface area contributed by atoms with Gasteiger partial charge in [0.1, 0.15) is 11.9 Å². The molecule has 2 aromatic carbocycles. The summed E-state index contributed by atoms with van der Waals surface area (Å²) in [7, 11) is 0. The average molecular weight is 449 g/mol. The molecule has 4 nitrogen and oxygen atoms in total. The summed E-state index contributed by atoms with van der Waals surface area (Å²) >= 11 is 3.44. The molecule has 0 radical (unpaired) electrons. The van der Waals surface area contributed by atoms with E-state index in [4.69, 9.17) is 0 Å². The Bertz CT molecular complexity index is 810. The van der Waals surface area contributed by atoms with Gasteiger partial charge in [-0.05, 0) is 55.7 Å². The Morgan fingerprint density at radius 1 is 1.11 bits per heavy atom. The van der Waals surface area contributed by atoms with Gasteiger partial charge >= 0.3 is 0 Å². The summed E-state index contributed by atoms with van der Waals surface area (Å²) in [5.41, 5.74) is 1.63. The summed E-state index contributed by atoms with van der Waals surface area (Å²) in [4.78, 5) is 27.2. The van der Waals surface area contributed by atoms with Crippen LogP contribution in [0.3, 0.4) is 0 Å². The summed E-state index contributed by atoms with van der Waals surface area (Å²) in [6.45, 7) is 5.98. The van der Waals surface area contributed by atoms with E-state index in [2.05, 4.69) is 21.2 Å². The molecule has 0 aliphatic carbocycles. The van der Waals surface area contributed by atoms with E-state index < -0.39 is 6.04 Å². The minimum absolute atomic E-state index is 0.0369. The molecule has 2 amide bonds.